The molecular formula is C12H11F3N4O. The summed E-state index contributed by atoms with van der Waals surface area (Å²) < 4.78 is 39.0. The summed E-state index contributed by atoms with van der Waals surface area (Å²) in [4.78, 5) is 11.6. The molecule has 0 bridgehead atoms. The first-order valence-corrected chi connectivity index (χ1v) is 5.59. The van der Waals surface area contributed by atoms with Crippen molar-refractivity contribution in [2.24, 2.45) is 7.05 Å². The van der Waals surface area contributed by atoms with Gasteiger partial charge in [0.2, 0.25) is 0 Å². The molecule has 2 amide bonds. The molecule has 20 heavy (non-hydrogen) atoms. The molecule has 0 unspecified atom stereocenters. The van der Waals surface area contributed by atoms with Crippen molar-refractivity contribution < 1.29 is 18.0 Å². The lowest BCUT2D eigenvalue weighted by molar-refractivity contribution is -0.137. The normalized spacial score (nSPS) is 11.2. The largest absolute Gasteiger partial charge is 0.416 e. The summed E-state index contributed by atoms with van der Waals surface area (Å²) in [5, 5.41) is 8.64. The number of amides is 2. The van der Waals surface area contributed by atoms with E-state index in [9.17, 15) is 18.0 Å². The highest BCUT2D eigenvalue weighted by molar-refractivity contribution is 5.99. The summed E-state index contributed by atoms with van der Waals surface area (Å²) in [6.45, 7) is 0. The maximum atomic E-state index is 12.5. The Morgan fingerprint density at radius 2 is 2.00 bits per heavy atom. The van der Waals surface area contributed by atoms with Crippen LogP contribution in [-0.4, -0.2) is 15.8 Å². The van der Waals surface area contributed by atoms with Gasteiger partial charge in [-0.1, -0.05) is 6.07 Å². The van der Waals surface area contributed by atoms with Gasteiger partial charge in [-0.05, 0) is 18.2 Å². The number of aromatic nitrogens is 2. The number of urea groups is 1. The number of nitrogens with one attached hydrogen (secondary N) is 2. The van der Waals surface area contributed by atoms with Crippen molar-refractivity contribution in [2.75, 3.05) is 10.6 Å². The lowest BCUT2D eigenvalue weighted by Gasteiger charge is -2.10. The average Bonchev–Trinajstić information content (AvgIpc) is 2.74. The molecule has 1 heterocycles. The molecule has 0 saturated carbocycles. The molecule has 2 aromatic rings. The van der Waals surface area contributed by atoms with E-state index in [1.807, 2.05) is 0 Å². The third-order valence-electron chi connectivity index (χ3n) is 2.51. The van der Waals surface area contributed by atoms with E-state index >= 15 is 0 Å². The molecule has 0 fully saturated rings. The molecule has 2 rings (SSSR count). The fraction of sp³-hybridized carbons (Fsp3) is 0.167. The number of anilines is 2. The predicted octanol–water partition coefficient (Wildman–Crippen LogP) is 3.08. The minimum Gasteiger partial charge on any atom is -0.308 e. The topological polar surface area (TPSA) is 59.0 Å². The SMILES string of the molecule is Cn1nccc1NC(=O)Nc1cccc(C(F)(F)F)c1. The van der Waals surface area contributed by atoms with Crippen LogP contribution in [-0.2, 0) is 13.2 Å². The Kier molecular flexibility index (Phi) is 3.64. The van der Waals surface area contributed by atoms with Crippen molar-refractivity contribution in [3.63, 3.8) is 0 Å². The highest BCUT2D eigenvalue weighted by atomic mass is 19.4. The number of carbonyl (C=O) groups excluding carboxylic acids is 1. The van der Waals surface area contributed by atoms with Crippen LogP contribution in [0.15, 0.2) is 36.5 Å². The summed E-state index contributed by atoms with van der Waals surface area (Å²) in [6.07, 6.45) is -2.96. The van der Waals surface area contributed by atoms with Crippen LogP contribution in [0.4, 0.5) is 29.5 Å². The molecule has 0 aliphatic rings. The molecule has 0 aliphatic carbocycles. The van der Waals surface area contributed by atoms with Gasteiger partial charge in [-0.15, -0.1) is 0 Å². The highest BCUT2D eigenvalue weighted by Crippen LogP contribution is 2.30. The van der Waals surface area contributed by atoms with Gasteiger partial charge in [-0.3, -0.25) is 10.00 Å². The number of nitrogens with zero attached hydrogens (tertiary/aromatic N) is 2. The molecule has 1 aromatic heterocycles. The first-order chi connectivity index (χ1) is 9.36. The van der Waals surface area contributed by atoms with Gasteiger partial charge in [0, 0.05) is 18.8 Å². The van der Waals surface area contributed by atoms with Gasteiger partial charge < -0.3 is 5.32 Å². The van der Waals surface area contributed by atoms with E-state index in [1.165, 1.54) is 23.0 Å². The zero-order valence-corrected chi connectivity index (χ0v) is 10.4. The number of hydrogen-bond acceptors (Lipinski definition) is 2. The minimum atomic E-state index is -4.45. The average molecular weight is 284 g/mol. The van der Waals surface area contributed by atoms with Gasteiger partial charge in [0.15, 0.2) is 0 Å². The third kappa shape index (κ3) is 3.28. The summed E-state index contributed by atoms with van der Waals surface area (Å²) in [5.74, 6) is 0.425. The summed E-state index contributed by atoms with van der Waals surface area (Å²) >= 11 is 0. The van der Waals surface area contributed by atoms with Crippen molar-refractivity contribution in [1.82, 2.24) is 9.78 Å². The van der Waals surface area contributed by atoms with Crippen molar-refractivity contribution >= 4 is 17.5 Å². The maximum Gasteiger partial charge on any atom is 0.416 e. The van der Waals surface area contributed by atoms with Crippen LogP contribution in [0.5, 0.6) is 0 Å². The molecule has 0 aliphatic heterocycles. The Bertz CT molecular complexity index is 621. The number of carbonyl (C=O) groups is 1. The number of aryl methyl sites for hydroxylation is 1. The van der Waals surface area contributed by atoms with Gasteiger partial charge in [0.05, 0.1) is 11.8 Å². The van der Waals surface area contributed by atoms with Crippen LogP contribution in [0.25, 0.3) is 0 Å². The van der Waals surface area contributed by atoms with Crippen molar-refractivity contribution in [3.05, 3.63) is 42.1 Å². The Morgan fingerprint density at radius 1 is 1.25 bits per heavy atom. The fourth-order valence-corrected chi connectivity index (χ4v) is 1.55. The second-order valence-electron chi connectivity index (χ2n) is 4.00. The van der Waals surface area contributed by atoms with Crippen LogP contribution in [0.1, 0.15) is 5.56 Å². The monoisotopic (exact) mass is 284 g/mol. The molecule has 0 radical (unpaired) electrons. The third-order valence-corrected chi connectivity index (χ3v) is 2.51. The Morgan fingerprint density at radius 3 is 2.60 bits per heavy atom. The Labute approximate surface area is 112 Å². The summed E-state index contributed by atoms with van der Waals surface area (Å²) in [5.41, 5.74) is -0.768. The number of benzene rings is 1. The zero-order chi connectivity index (χ0) is 14.8. The lowest BCUT2D eigenvalue weighted by atomic mass is 10.2. The molecule has 0 atom stereocenters. The first-order valence-electron chi connectivity index (χ1n) is 5.59. The van der Waals surface area contributed by atoms with E-state index < -0.39 is 17.8 Å². The molecule has 0 spiro atoms. The van der Waals surface area contributed by atoms with Crippen LogP contribution in [0.2, 0.25) is 0 Å². The number of rotatable bonds is 2. The Hall–Kier alpha value is -2.51. The van der Waals surface area contributed by atoms with Crippen LogP contribution in [0, 0.1) is 0 Å². The minimum absolute atomic E-state index is 0.0551. The lowest BCUT2D eigenvalue weighted by Crippen LogP contribution is -2.21. The molecule has 8 heteroatoms. The second-order valence-corrected chi connectivity index (χ2v) is 4.00. The predicted molar refractivity (Wildman–Crippen MR) is 67.3 cm³/mol. The van der Waals surface area contributed by atoms with Gasteiger partial charge in [0.1, 0.15) is 5.82 Å². The molecule has 106 valence electrons. The molecule has 5 nitrogen and oxygen atoms in total. The quantitative estimate of drug-likeness (QED) is 0.890. The van der Waals surface area contributed by atoms with Crippen molar-refractivity contribution in [3.8, 4) is 0 Å². The van der Waals surface area contributed by atoms with Gasteiger partial charge in [-0.2, -0.15) is 18.3 Å². The molecule has 0 saturated heterocycles. The highest BCUT2D eigenvalue weighted by Gasteiger charge is 2.30. The molecular weight excluding hydrogens is 273 g/mol. The summed E-state index contributed by atoms with van der Waals surface area (Å²) in [6, 6.07) is 5.31. The zero-order valence-electron chi connectivity index (χ0n) is 10.4. The van der Waals surface area contributed by atoms with E-state index in [0.717, 1.165) is 12.1 Å². The van der Waals surface area contributed by atoms with Crippen LogP contribution in [0.3, 0.4) is 0 Å². The smallest absolute Gasteiger partial charge is 0.308 e. The second kappa shape index (κ2) is 5.24. The number of alkyl halides is 3. The van der Waals surface area contributed by atoms with Gasteiger partial charge in [-0.25, -0.2) is 4.79 Å². The van der Waals surface area contributed by atoms with Crippen LogP contribution >= 0.6 is 0 Å². The van der Waals surface area contributed by atoms with Gasteiger partial charge >= 0.3 is 12.2 Å². The Balaban J connectivity index is 2.07. The van der Waals surface area contributed by atoms with E-state index in [1.54, 1.807) is 13.1 Å². The maximum absolute atomic E-state index is 12.5. The number of halogens is 3. The van der Waals surface area contributed by atoms with E-state index in [0.29, 0.717) is 5.82 Å². The fourth-order valence-electron chi connectivity index (χ4n) is 1.55. The van der Waals surface area contributed by atoms with Gasteiger partial charge in [0.25, 0.3) is 0 Å². The van der Waals surface area contributed by atoms with E-state index in [-0.39, 0.29) is 5.69 Å². The van der Waals surface area contributed by atoms with Crippen molar-refractivity contribution in [1.29, 1.82) is 0 Å². The van der Waals surface area contributed by atoms with Crippen LogP contribution < -0.4 is 10.6 Å². The molecule has 2 N–H and O–H groups in total. The standard InChI is InChI=1S/C12H11F3N4O/c1-19-10(5-6-16-19)18-11(20)17-9-4-2-3-8(7-9)12(13,14)15/h2-7H,1H3,(H2,17,18,20). The van der Waals surface area contributed by atoms with E-state index in [2.05, 4.69) is 15.7 Å². The first kappa shape index (κ1) is 13.9. The van der Waals surface area contributed by atoms with E-state index in [4.69, 9.17) is 0 Å². The summed E-state index contributed by atoms with van der Waals surface area (Å²) in [7, 11) is 1.62. The number of hydrogen-bond donors (Lipinski definition) is 2. The van der Waals surface area contributed by atoms with Crippen molar-refractivity contribution in [2.45, 2.75) is 6.18 Å². The molecule has 1 aromatic carbocycles.